The van der Waals surface area contributed by atoms with E-state index in [1.165, 1.54) is 6.07 Å². The first-order valence-corrected chi connectivity index (χ1v) is 9.78. The van der Waals surface area contributed by atoms with Crippen LogP contribution in [0, 0.1) is 0 Å². The maximum atomic E-state index is 11.7. The molecule has 0 aliphatic carbocycles. The number of nitrogens with two attached hydrogens (primary N) is 1. The van der Waals surface area contributed by atoms with E-state index in [-0.39, 0.29) is 52.3 Å². The van der Waals surface area contributed by atoms with Crippen LogP contribution in [0.1, 0.15) is 0 Å². The molecule has 1 heterocycles. The molecule has 0 unspecified atom stereocenters. The quantitative estimate of drug-likeness (QED) is 0.230. The number of anilines is 3. The van der Waals surface area contributed by atoms with Gasteiger partial charge >= 0.3 is 29.6 Å². The number of hydrogen-bond acceptors (Lipinski definition) is 11. The molecule has 3 aromatic rings. The van der Waals surface area contributed by atoms with Crippen LogP contribution < -0.4 is 45.1 Å². The molecule has 0 radical (unpaired) electrons. The SMILES string of the molecule is CN(C)c1nc(N=Nc2cc(S(=O)(=O)[O-])c3ccccc3c2N)nc(N(C)C)n1.[Na+]. The Kier molecular flexibility index (Phi) is 7.31. The molecule has 0 spiro atoms. The van der Waals surface area contributed by atoms with E-state index < -0.39 is 15.0 Å². The van der Waals surface area contributed by atoms with Gasteiger partial charge in [-0.15, -0.1) is 10.2 Å². The molecule has 152 valence electrons. The van der Waals surface area contributed by atoms with Gasteiger partial charge in [0.05, 0.1) is 10.6 Å². The van der Waals surface area contributed by atoms with Gasteiger partial charge in [-0.25, -0.2) is 8.42 Å². The molecule has 0 amide bonds. The van der Waals surface area contributed by atoms with Gasteiger partial charge in [-0.1, -0.05) is 24.3 Å². The van der Waals surface area contributed by atoms with Gasteiger partial charge in [-0.05, 0) is 6.07 Å². The van der Waals surface area contributed by atoms with Crippen LogP contribution >= 0.6 is 0 Å². The molecule has 30 heavy (non-hydrogen) atoms. The normalized spacial score (nSPS) is 11.5. The van der Waals surface area contributed by atoms with E-state index in [4.69, 9.17) is 5.73 Å². The number of nitrogens with zero attached hydrogens (tertiary/aromatic N) is 7. The molecule has 0 bridgehead atoms. The van der Waals surface area contributed by atoms with Gasteiger partial charge in [0.25, 0.3) is 5.95 Å². The monoisotopic (exact) mass is 438 g/mol. The molecule has 13 heteroatoms. The van der Waals surface area contributed by atoms with E-state index in [2.05, 4.69) is 25.2 Å². The van der Waals surface area contributed by atoms with E-state index >= 15 is 0 Å². The van der Waals surface area contributed by atoms with E-state index in [0.29, 0.717) is 17.3 Å². The number of benzene rings is 2. The summed E-state index contributed by atoms with van der Waals surface area (Å²) in [7, 11) is 2.32. The van der Waals surface area contributed by atoms with Crippen molar-refractivity contribution in [3.63, 3.8) is 0 Å². The van der Waals surface area contributed by atoms with Gasteiger partial charge in [0.2, 0.25) is 11.9 Å². The van der Waals surface area contributed by atoms with Crippen LogP contribution in [0.3, 0.4) is 0 Å². The topological polar surface area (TPSA) is 153 Å². The molecule has 1 aromatic heterocycles. The summed E-state index contributed by atoms with van der Waals surface area (Å²) in [5, 5.41) is 8.61. The maximum absolute atomic E-state index is 11.7. The number of hydrogen-bond donors (Lipinski definition) is 1. The second kappa shape index (κ2) is 9.18. The Balaban J connectivity index is 0.00000320. The number of azo groups is 1. The maximum Gasteiger partial charge on any atom is 1.00 e. The fraction of sp³-hybridized carbons (Fsp3) is 0.235. The van der Waals surface area contributed by atoms with Crippen molar-refractivity contribution in [1.29, 1.82) is 0 Å². The van der Waals surface area contributed by atoms with Gasteiger partial charge in [0.1, 0.15) is 15.8 Å². The number of fused-ring (bicyclic) bond motifs is 1. The van der Waals surface area contributed by atoms with Crippen molar-refractivity contribution in [2.75, 3.05) is 43.7 Å². The van der Waals surface area contributed by atoms with Crippen LogP contribution in [-0.4, -0.2) is 56.1 Å². The molecule has 0 atom stereocenters. The van der Waals surface area contributed by atoms with E-state index in [1.807, 2.05) is 0 Å². The summed E-state index contributed by atoms with van der Waals surface area (Å²) in [5.41, 5.74) is 6.34. The van der Waals surface area contributed by atoms with Crippen molar-refractivity contribution < 1.29 is 42.5 Å². The van der Waals surface area contributed by atoms with Crippen molar-refractivity contribution in [2.45, 2.75) is 4.90 Å². The van der Waals surface area contributed by atoms with E-state index in [1.54, 1.807) is 56.2 Å². The Hall–Kier alpha value is -2.38. The van der Waals surface area contributed by atoms with Crippen LogP contribution in [-0.2, 0) is 10.1 Å². The molecular weight excluding hydrogens is 419 g/mol. The average Bonchev–Trinajstić information content (AvgIpc) is 2.66. The molecule has 0 fully saturated rings. The summed E-state index contributed by atoms with van der Waals surface area (Å²) in [5.74, 6) is 0.741. The number of aromatic nitrogens is 3. The van der Waals surface area contributed by atoms with Crippen LogP contribution in [0.4, 0.5) is 29.2 Å². The summed E-state index contributed by atoms with van der Waals surface area (Å²) in [4.78, 5) is 15.6. The molecule has 0 aliphatic rings. The van der Waals surface area contributed by atoms with Gasteiger partial charge < -0.3 is 20.1 Å². The first kappa shape index (κ1) is 23.9. The average molecular weight is 438 g/mol. The molecule has 2 aromatic carbocycles. The van der Waals surface area contributed by atoms with Gasteiger partial charge in [0, 0.05) is 39.0 Å². The Bertz CT molecular complexity index is 1190. The number of nitrogen functional groups attached to an aromatic ring is 1. The zero-order valence-corrected chi connectivity index (χ0v) is 20.0. The zero-order valence-electron chi connectivity index (χ0n) is 17.2. The first-order chi connectivity index (χ1) is 13.6. The third kappa shape index (κ3) is 5.02. The first-order valence-electron chi connectivity index (χ1n) is 8.37. The van der Waals surface area contributed by atoms with E-state index in [9.17, 15) is 13.0 Å². The molecule has 0 saturated heterocycles. The fourth-order valence-corrected chi connectivity index (χ4v) is 3.23. The largest absolute Gasteiger partial charge is 1.00 e. The minimum atomic E-state index is -4.75. The van der Waals surface area contributed by atoms with Gasteiger partial charge in [0.15, 0.2) is 0 Å². The van der Waals surface area contributed by atoms with Crippen LogP contribution in [0.15, 0.2) is 45.5 Å². The summed E-state index contributed by atoms with van der Waals surface area (Å²) in [6.45, 7) is 0. The Morgan fingerprint density at radius 1 is 0.933 bits per heavy atom. The second-order valence-corrected chi connectivity index (χ2v) is 7.88. The van der Waals surface area contributed by atoms with Gasteiger partial charge in [-0.2, -0.15) is 15.0 Å². The Morgan fingerprint density at radius 2 is 1.47 bits per heavy atom. The summed E-state index contributed by atoms with van der Waals surface area (Å²) < 4.78 is 35.1. The number of rotatable bonds is 5. The minimum absolute atomic E-state index is 0. The van der Waals surface area contributed by atoms with Crippen molar-refractivity contribution in [3.8, 4) is 0 Å². The third-order valence-electron chi connectivity index (χ3n) is 3.94. The minimum Gasteiger partial charge on any atom is -0.744 e. The Morgan fingerprint density at radius 3 is 1.97 bits per heavy atom. The van der Waals surface area contributed by atoms with Crippen molar-refractivity contribution in [1.82, 2.24) is 15.0 Å². The standard InChI is InChI=1S/C17H20N8O3S.Na/c1-24(2)16-19-15(20-17(21-16)25(3)4)23-22-12-9-13(29(26,27)28)10-7-5-6-8-11(10)14(12)18;/h5-9H,18H2,1-4H3,(H,26,27,28);/q;+1/p-1. The van der Waals surface area contributed by atoms with Crippen molar-refractivity contribution >= 4 is 50.1 Å². The fourth-order valence-electron chi connectivity index (χ4n) is 2.53. The predicted octanol–water partition coefficient (Wildman–Crippen LogP) is -0.937. The molecular formula is C17H19N8NaO3S. The summed E-state index contributed by atoms with van der Waals surface area (Å²) >= 11 is 0. The van der Waals surface area contributed by atoms with Crippen LogP contribution in [0.2, 0.25) is 0 Å². The third-order valence-corrected chi connectivity index (χ3v) is 4.82. The van der Waals surface area contributed by atoms with Crippen molar-refractivity contribution in [3.05, 3.63) is 30.3 Å². The van der Waals surface area contributed by atoms with Gasteiger partial charge in [-0.3, -0.25) is 0 Å². The predicted molar refractivity (Wildman–Crippen MR) is 109 cm³/mol. The molecule has 11 nitrogen and oxygen atoms in total. The molecule has 0 saturated carbocycles. The Labute approximate surface area is 196 Å². The molecule has 3 rings (SSSR count). The summed E-state index contributed by atoms with van der Waals surface area (Å²) in [6.07, 6.45) is 0. The zero-order chi connectivity index (χ0) is 21.3. The molecule has 2 N–H and O–H groups in total. The molecule has 0 aliphatic heterocycles. The van der Waals surface area contributed by atoms with E-state index in [0.717, 1.165) is 6.07 Å². The van der Waals surface area contributed by atoms with Crippen molar-refractivity contribution in [2.24, 2.45) is 10.2 Å². The summed E-state index contributed by atoms with van der Waals surface area (Å²) in [6, 6.07) is 7.52. The van der Waals surface area contributed by atoms with Crippen LogP contribution in [0.5, 0.6) is 0 Å². The van der Waals surface area contributed by atoms with Crippen LogP contribution in [0.25, 0.3) is 10.8 Å². The smallest absolute Gasteiger partial charge is 0.744 e. The second-order valence-electron chi connectivity index (χ2n) is 6.53.